The van der Waals surface area contributed by atoms with E-state index in [1.54, 1.807) is 7.05 Å². The topological polar surface area (TPSA) is 58.4 Å². The first-order valence-electron chi connectivity index (χ1n) is 5.40. The number of rotatable bonds is 3. The summed E-state index contributed by atoms with van der Waals surface area (Å²) in [6, 6.07) is 5.85. The number of carbonyl (C=O) groups excluding carboxylic acids is 1. The van der Waals surface area contributed by atoms with Crippen molar-refractivity contribution >= 4 is 17.0 Å². The van der Waals surface area contributed by atoms with Gasteiger partial charge in [0, 0.05) is 14.0 Å². The molecule has 1 aromatic carbocycles. The minimum atomic E-state index is -0.0584. The molecule has 2 rings (SSSR count). The van der Waals surface area contributed by atoms with Gasteiger partial charge in [-0.05, 0) is 24.6 Å². The fourth-order valence-corrected chi connectivity index (χ4v) is 1.46. The molecule has 17 heavy (non-hydrogen) atoms. The molecule has 2 aromatic rings. The molecule has 5 nitrogen and oxygen atoms in total. The zero-order valence-electron chi connectivity index (χ0n) is 10.2. The maximum absolute atomic E-state index is 11.0. The van der Waals surface area contributed by atoms with Crippen molar-refractivity contribution in [1.82, 2.24) is 15.4 Å². The van der Waals surface area contributed by atoms with Crippen LogP contribution in [0.25, 0.3) is 11.1 Å². The summed E-state index contributed by atoms with van der Waals surface area (Å²) in [5, 5.41) is 1.40. The highest BCUT2D eigenvalue weighted by Crippen LogP contribution is 2.16. The Morgan fingerprint density at radius 3 is 3.00 bits per heavy atom. The van der Waals surface area contributed by atoms with Crippen LogP contribution >= 0.6 is 0 Å². The molecular formula is C12H15N3O2. The number of carbonyl (C=O) groups is 1. The van der Waals surface area contributed by atoms with E-state index in [1.807, 2.05) is 25.1 Å². The lowest BCUT2D eigenvalue weighted by atomic mass is 10.2. The highest BCUT2D eigenvalue weighted by molar-refractivity contribution is 5.73. The van der Waals surface area contributed by atoms with Gasteiger partial charge in [0.1, 0.15) is 5.52 Å². The zero-order valence-corrected chi connectivity index (χ0v) is 10.2. The van der Waals surface area contributed by atoms with Crippen molar-refractivity contribution in [3.63, 3.8) is 0 Å². The molecule has 1 amide bonds. The molecule has 0 aliphatic carbocycles. The molecule has 0 fully saturated rings. The largest absolute Gasteiger partial charge is 0.439 e. The minimum absolute atomic E-state index is 0.0584. The Balaban J connectivity index is 2.12. The fraction of sp³-hybridized carbons (Fsp3) is 0.333. The number of fused-ring (bicyclic) bond motifs is 1. The average Bonchev–Trinajstić information content (AvgIpc) is 2.67. The molecule has 0 aliphatic heterocycles. The van der Waals surface area contributed by atoms with E-state index in [1.165, 1.54) is 11.9 Å². The van der Waals surface area contributed by atoms with E-state index in [0.29, 0.717) is 12.4 Å². The average molecular weight is 233 g/mol. The highest BCUT2D eigenvalue weighted by atomic mass is 16.3. The molecule has 1 aromatic heterocycles. The number of nitrogens with one attached hydrogen (secondary N) is 1. The van der Waals surface area contributed by atoms with Crippen LogP contribution in [0.1, 0.15) is 18.4 Å². The molecule has 0 unspecified atom stereocenters. The van der Waals surface area contributed by atoms with E-state index in [9.17, 15) is 4.79 Å². The summed E-state index contributed by atoms with van der Waals surface area (Å²) in [5.41, 5.74) is 5.65. The van der Waals surface area contributed by atoms with E-state index in [2.05, 4.69) is 10.4 Å². The van der Waals surface area contributed by atoms with Crippen LogP contribution < -0.4 is 5.43 Å². The van der Waals surface area contributed by atoms with Gasteiger partial charge in [0.05, 0.1) is 6.54 Å². The summed E-state index contributed by atoms with van der Waals surface area (Å²) in [4.78, 5) is 15.3. The molecule has 0 saturated heterocycles. The molecule has 0 aliphatic rings. The summed E-state index contributed by atoms with van der Waals surface area (Å²) in [7, 11) is 1.66. The predicted octanol–water partition coefficient (Wildman–Crippen LogP) is 1.62. The summed E-state index contributed by atoms with van der Waals surface area (Å²) < 4.78 is 5.54. The van der Waals surface area contributed by atoms with Crippen LogP contribution in [0.2, 0.25) is 0 Å². The van der Waals surface area contributed by atoms with Crippen molar-refractivity contribution in [2.45, 2.75) is 20.4 Å². The standard InChI is InChI=1S/C12H15N3O2/c1-8-4-5-11-10(6-8)14-12(17-11)7-13-15(3)9(2)16/h4-6,13H,7H2,1-3H3. The second-order valence-electron chi connectivity index (χ2n) is 3.99. The third-order valence-corrected chi connectivity index (χ3v) is 2.53. The Bertz CT molecular complexity index is 548. The molecular weight excluding hydrogens is 218 g/mol. The number of amides is 1. The van der Waals surface area contributed by atoms with E-state index in [0.717, 1.165) is 16.7 Å². The first kappa shape index (κ1) is 11.6. The SMILES string of the molecule is CC(=O)N(C)NCc1nc2cc(C)ccc2o1. The second-order valence-corrected chi connectivity index (χ2v) is 3.99. The Labute approximate surface area is 99.4 Å². The van der Waals surface area contributed by atoms with E-state index in [4.69, 9.17) is 4.42 Å². The van der Waals surface area contributed by atoms with Gasteiger partial charge in [0.25, 0.3) is 0 Å². The van der Waals surface area contributed by atoms with Gasteiger partial charge < -0.3 is 4.42 Å². The maximum atomic E-state index is 11.0. The summed E-state index contributed by atoms with van der Waals surface area (Å²) in [5.74, 6) is 0.510. The lowest BCUT2D eigenvalue weighted by Gasteiger charge is -2.14. The zero-order chi connectivity index (χ0) is 12.4. The second kappa shape index (κ2) is 4.55. The maximum Gasteiger partial charge on any atom is 0.233 e. The van der Waals surface area contributed by atoms with Gasteiger partial charge in [-0.1, -0.05) is 6.07 Å². The third-order valence-electron chi connectivity index (χ3n) is 2.53. The Hall–Kier alpha value is -1.88. The molecule has 1 N–H and O–H groups in total. The summed E-state index contributed by atoms with van der Waals surface area (Å²) >= 11 is 0. The fourth-order valence-electron chi connectivity index (χ4n) is 1.46. The van der Waals surface area contributed by atoms with Crippen LogP contribution in [-0.2, 0) is 11.3 Å². The first-order chi connectivity index (χ1) is 8.06. The summed E-state index contributed by atoms with van der Waals surface area (Å²) in [6.07, 6.45) is 0. The van der Waals surface area contributed by atoms with Crippen molar-refractivity contribution < 1.29 is 9.21 Å². The van der Waals surface area contributed by atoms with Gasteiger partial charge in [-0.2, -0.15) is 0 Å². The van der Waals surface area contributed by atoms with Gasteiger partial charge in [0.15, 0.2) is 5.58 Å². The first-order valence-corrected chi connectivity index (χ1v) is 5.40. The number of hydrogen-bond acceptors (Lipinski definition) is 4. The molecule has 0 radical (unpaired) electrons. The molecule has 90 valence electrons. The van der Waals surface area contributed by atoms with Crippen molar-refractivity contribution in [2.75, 3.05) is 7.05 Å². The number of aryl methyl sites for hydroxylation is 1. The Kier molecular flexibility index (Phi) is 3.10. The van der Waals surface area contributed by atoms with Crippen molar-refractivity contribution in [3.05, 3.63) is 29.7 Å². The van der Waals surface area contributed by atoms with Gasteiger partial charge in [-0.25, -0.2) is 10.4 Å². The van der Waals surface area contributed by atoms with E-state index >= 15 is 0 Å². The monoisotopic (exact) mass is 233 g/mol. The van der Waals surface area contributed by atoms with Crippen LogP contribution in [0.4, 0.5) is 0 Å². The van der Waals surface area contributed by atoms with E-state index in [-0.39, 0.29) is 5.91 Å². The third kappa shape index (κ3) is 2.62. The number of nitrogens with zero attached hydrogens (tertiary/aromatic N) is 2. The van der Waals surface area contributed by atoms with Crippen molar-refractivity contribution in [3.8, 4) is 0 Å². The van der Waals surface area contributed by atoms with Gasteiger partial charge >= 0.3 is 0 Å². The van der Waals surface area contributed by atoms with Crippen LogP contribution in [0.3, 0.4) is 0 Å². The Morgan fingerprint density at radius 2 is 2.29 bits per heavy atom. The highest BCUT2D eigenvalue weighted by Gasteiger charge is 2.07. The quantitative estimate of drug-likeness (QED) is 0.818. The number of benzene rings is 1. The van der Waals surface area contributed by atoms with Crippen molar-refractivity contribution in [1.29, 1.82) is 0 Å². The molecule has 0 bridgehead atoms. The van der Waals surface area contributed by atoms with Gasteiger partial charge in [-0.15, -0.1) is 0 Å². The van der Waals surface area contributed by atoms with Crippen molar-refractivity contribution in [2.24, 2.45) is 0 Å². The summed E-state index contributed by atoms with van der Waals surface area (Å²) in [6.45, 7) is 3.89. The molecule has 0 spiro atoms. The number of oxazole rings is 1. The van der Waals surface area contributed by atoms with Crippen LogP contribution in [0.15, 0.2) is 22.6 Å². The van der Waals surface area contributed by atoms with Gasteiger partial charge in [0.2, 0.25) is 11.8 Å². The normalized spacial score (nSPS) is 10.8. The lowest BCUT2D eigenvalue weighted by molar-refractivity contribution is -0.130. The molecule has 0 atom stereocenters. The molecule has 1 heterocycles. The Morgan fingerprint density at radius 1 is 1.53 bits per heavy atom. The van der Waals surface area contributed by atoms with E-state index < -0.39 is 0 Å². The number of hydrogen-bond donors (Lipinski definition) is 1. The minimum Gasteiger partial charge on any atom is -0.439 e. The molecule has 0 saturated carbocycles. The lowest BCUT2D eigenvalue weighted by Crippen LogP contribution is -2.37. The predicted molar refractivity (Wildman–Crippen MR) is 64.0 cm³/mol. The number of aromatic nitrogens is 1. The van der Waals surface area contributed by atoms with Crippen LogP contribution in [-0.4, -0.2) is 22.9 Å². The smallest absolute Gasteiger partial charge is 0.233 e. The number of hydrazine groups is 1. The van der Waals surface area contributed by atoms with Gasteiger partial charge in [-0.3, -0.25) is 9.80 Å². The van der Waals surface area contributed by atoms with Crippen LogP contribution in [0.5, 0.6) is 0 Å². The van der Waals surface area contributed by atoms with Crippen LogP contribution in [0, 0.1) is 6.92 Å². The molecule has 5 heteroatoms.